The molecule has 12 heteroatoms. The van der Waals surface area contributed by atoms with Gasteiger partial charge < -0.3 is 24.2 Å². The van der Waals surface area contributed by atoms with E-state index >= 15 is 0 Å². The monoisotopic (exact) mass is 1130 g/mol. The van der Waals surface area contributed by atoms with Crippen molar-refractivity contribution in [2.75, 3.05) is 26.4 Å². The minimum Gasteiger partial charge on any atom is -0.462 e. The van der Waals surface area contributed by atoms with E-state index in [1.165, 1.54) is 218 Å². The summed E-state index contributed by atoms with van der Waals surface area (Å²) >= 11 is 0. The first-order chi connectivity index (χ1) is 38.2. The number of aliphatic hydroxyl groups excluding tert-OH is 1. The highest BCUT2D eigenvalue weighted by Crippen LogP contribution is 2.43. The zero-order valence-electron chi connectivity index (χ0n) is 51.4. The van der Waals surface area contributed by atoms with Crippen LogP contribution in [0, 0.1) is 0 Å². The Morgan fingerprint density at radius 3 is 0.897 bits per heavy atom. The number of rotatable bonds is 64. The average molecular weight is 1130 g/mol. The van der Waals surface area contributed by atoms with E-state index in [9.17, 15) is 28.9 Å². The number of phosphoric ester groups is 1. The number of hydrogen-bond donors (Lipinski definition) is 2. The van der Waals surface area contributed by atoms with E-state index in [2.05, 4.69) is 32.9 Å². The minimum absolute atomic E-state index is 0.173. The summed E-state index contributed by atoms with van der Waals surface area (Å²) in [4.78, 5) is 48.8. The topological polar surface area (TPSA) is 155 Å². The van der Waals surface area contributed by atoms with Crippen molar-refractivity contribution in [3.63, 3.8) is 0 Å². The quantitative estimate of drug-likeness (QED) is 0.0197. The van der Waals surface area contributed by atoms with Crippen LogP contribution in [-0.2, 0) is 42.2 Å². The second-order valence-electron chi connectivity index (χ2n) is 23.0. The number of unbranched alkanes of at least 4 members (excludes halogenated alkanes) is 45. The molecule has 78 heavy (non-hydrogen) atoms. The highest BCUT2D eigenvalue weighted by Gasteiger charge is 2.28. The number of phosphoric acid groups is 1. The molecule has 0 aliphatic rings. The lowest BCUT2D eigenvalue weighted by Crippen LogP contribution is -2.30. The molecule has 11 nitrogen and oxygen atoms in total. The summed E-state index contributed by atoms with van der Waals surface area (Å²) in [7, 11) is -4.75. The summed E-state index contributed by atoms with van der Waals surface area (Å²) in [6.45, 7) is 4.72. The van der Waals surface area contributed by atoms with Gasteiger partial charge in [-0.15, -0.1) is 0 Å². The molecule has 0 saturated carbocycles. The molecule has 0 aliphatic heterocycles. The van der Waals surface area contributed by atoms with Gasteiger partial charge in [-0.25, -0.2) is 4.57 Å². The van der Waals surface area contributed by atoms with Crippen molar-refractivity contribution >= 4 is 25.7 Å². The molecular weight excluding hydrogens is 1000 g/mol. The normalized spacial score (nSPS) is 13.2. The van der Waals surface area contributed by atoms with Gasteiger partial charge in [0.15, 0.2) is 6.10 Å². The molecule has 0 rings (SSSR count). The second-order valence-corrected chi connectivity index (χ2v) is 24.5. The molecule has 0 aromatic rings. The van der Waals surface area contributed by atoms with Crippen LogP contribution in [0.4, 0.5) is 0 Å². The Morgan fingerprint density at radius 1 is 0.346 bits per heavy atom. The van der Waals surface area contributed by atoms with Gasteiger partial charge in [0.25, 0.3) is 0 Å². The highest BCUT2D eigenvalue weighted by molar-refractivity contribution is 7.47. The number of aliphatic hydroxyl groups is 1. The van der Waals surface area contributed by atoms with Crippen LogP contribution in [-0.4, -0.2) is 66.5 Å². The van der Waals surface area contributed by atoms with E-state index in [1.807, 2.05) is 0 Å². The zero-order chi connectivity index (χ0) is 56.9. The maximum atomic E-state index is 13.0. The van der Waals surface area contributed by atoms with Crippen molar-refractivity contribution in [2.24, 2.45) is 0 Å². The van der Waals surface area contributed by atoms with Crippen molar-refractivity contribution in [1.82, 2.24) is 0 Å². The summed E-state index contributed by atoms with van der Waals surface area (Å²) in [6, 6.07) is 0. The van der Waals surface area contributed by atoms with Crippen LogP contribution in [0.1, 0.15) is 355 Å². The van der Waals surface area contributed by atoms with Crippen molar-refractivity contribution in [1.29, 1.82) is 0 Å². The lowest BCUT2D eigenvalue weighted by molar-refractivity contribution is -0.161. The van der Waals surface area contributed by atoms with Crippen LogP contribution >= 0.6 is 7.82 Å². The van der Waals surface area contributed by atoms with E-state index in [-0.39, 0.29) is 25.9 Å². The Bertz CT molecular complexity index is 1360. The zero-order valence-corrected chi connectivity index (χ0v) is 52.3. The molecule has 0 radical (unpaired) electrons. The number of carbonyl (C=O) groups excluding carboxylic acids is 3. The van der Waals surface area contributed by atoms with Crippen LogP contribution in [0.5, 0.6) is 0 Å². The summed E-state index contributed by atoms with van der Waals surface area (Å²) in [5.41, 5.74) is 0. The van der Waals surface area contributed by atoms with Gasteiger partial charge in [0.05, 0.1) is 19.8 Å². The van der Waals surface area contributed by atoms with E-state index in [1.54, 1.807) is 0 Å². The summed E-state index contributed by atoms with van der Waals surface area (Å²) in [6.07, 6.45) is 63.1. The standard InChI is InChI=1S/C66H127O11P/c1-4-7-10-13-16-19-22-25-27-29-31-33-35-38-40-43-46-49-52-55-64(68)73-59-63(77-66(70)57-54-51-48-45-42-39-36-34-32-30-28-26-23-20-17-14-11-8-5-2)61-75-78(71,72)74-60-62(58-67)76-65(69)56-53-50-47-44-41-37-24-21-18-15-12-9-6-3/h21,24,62-63,67H,4-20,22-23,25-61H2,1-3H3,(H,71,72)/b24-21-. The SMILES string of the molecule is CCCCCC/C=C\CCCCCCCC(=O)OC(CO)COP(=O)(O)OCC(COC(=O)CCCCCCCCCCCCCCCCCCCCC)OC(=O)CCCCCCCCCCCCCCCCCCCCC. The van der Waals surface area contributed by atoms with Crippen molar-refractivity contribution in [3.05, 3.63) is 12.2 Å². The molecule has 0 aromatic heterocycles. The van der Waals surface area contributed by atoms with E-state index in [4.69, 9.17) is 23.3 Å². The molecule has 0 heterocycles. The predicted octanol–water partition coefficient (Wildman–Crippen LogP) is 20.4. The first kappa shape index (κ1) is 76.2. The summed E-state index contributed by atoms with van der Waals surface area (Å²) in [5.74, 6) is -1.43. The Hall–Kier alpha value is -1.78. The molecule has 0 aromatic carbocycles. The smallest absolute Gasteiger partial charge is 0.462 e. The number of ether oxygens (including phenoxy) is 3. The molecule has 2 N–H and O–H groups in total. The lowest BCUT2D eigenvalue weighted by atomic mass is 10.0. The molecule has 0 bridgehead atoms. The van der Waals surface area contributed by atoms with Crippen LogP contribution in [0.15, 0.2) is 12.2 Å². The molecule has 0 fully saturated rings. The largest absolute Gasteiger partial charge is 0.472 e. The van der Waals surface area contributed by atoms with Gasteiger partial charge in [-0.3, -0.25) is 23.4 Å². The van der Waals surface area contributed by atoms with E-state index < -0.39 is 57.8 Å². The number of esters is 3. The molecule has 3 atom stereocenters. The van der Waals surface area contributed by atoms with E-state index in [0.29, 0.717) is 19.3 Å². The fourth-order valence-corrected chi connectivity index (χ4v) is 10.8. The molecule has 0 spiro atoms. The van der Waals surface area contributed by atoms with Gasteiger partial charge in [0, 0.05) is 19.3 Å². The summed E-state index contributed by atoms with van der Waals surface area (Å²) in [5, 5.41) is 9.84. The molecule has 462 valence electrons. The lowest BCUT2D eigenvalue weighted by Gasteiger charge is -2.21. The van der Waals surface area contributed by atoms with Gasteiger partial charge in [-0.2, -0.15) is 0 Å². The maximum absolute atomic E-state index is 13.0. The fraction of sp³-hybridized carbons (Fsp3) is 0.924. The average Bonchev–Trinajstić information content (AvgIpc) is 3.43. The molecular formula is C66H127O11P. The van der Waals surface area contributed by atoms with Crippen LogP contribution < -0.4 is 0 Å². The first-order valence-corrected chi connectivity index (χ1v) is 35.1. The predicted molar refractivity (Wildman–Crippen MR) is 326 cm³/mol. The highest BCUT2D eigenvalue weighted by atomic mass is 31.2. The first-order valence-electron chi connectivity index (χ1n) is 33.6. The molecule has 0 aliphatic carbocycles. The van der Waals surface area contributed by atoms with Crippen molar-refractivity contribution < 1.29 is 52.2 Å². The molecule has 3 unspecified atom stereocenters. The van der Waals surface area contributed by atoms with Crippen LogP contribution in [0.3, 0.4) is 0 Å². The van der Waals surface area contributed by atoms with Gasteiger partial charge >= 0.3 is 25.7 Å². The van der Waals surface area contributed by atoms with Gasteiger partial charge in [-0.1, -0.05) is 303 Å². The third-order valence-corrected chi connectivity index (χ3v) is 16.1. The molecule has 0 amide bonds. The number of carbonyl (C=O) groups is 3. The van der Waals surface area contributed by atoms with Crippen molar-refractivity contribution in [2.45, 2.75) is 367 Å². The Labute approximate surface area is 481 Å². The van der Waals surface area contributed by atoms with Gasteiger partial charge in [-0.05, 0) is 44.9 Å². The van der Waals surface area contributed by atoms with E-state index in [0.717, 1.165) is 77.0 Å². The Kier molecular flexibility index (Phi) is 59.9. The minimum atomic E-state index is -4.75. The summed E-state index contributed by atoms with van der Waals surface area (Å²) < 4.78 is 39.7. The number of allylic oxidation sites excluding steroid dienone is 2. The Morgan fingerprint density at radius 2 is 0.590 bits per heavy atom. The second kappa shape index (κ2) is 61.3. The van der Waals surface area contributed by atoms with Gasteiger partial charge in [0.1, 0.15) is 12.7 Å². The van der Waals surface area contributed by atoms with Crippen LogP contribution in [0.25, 0.3) is 0 Å². The van der Waals surface area contributed by atoms with Crippen molar-refractivity contribution in [3.8, 4) is 0 Å². The van der Waals surface area contributed by atoms with Gasteiger partial charge in [0.2, 0.25) is 0 Å². The van der Waals surface area contributed by atoms with Crippen LogP contribution in [0.2, 0.25) is 0 Å². The molecule has 0 saturated heterocycles. The third kappa shape index (κ3) is 58.9. The fourth-order valence-electron chi connectivity index (χ4n) is 10.1. The number of hydrogen-bond acceptors (Lipinski definition) is 10. The Balaban J connectivity index is 4.63. The maximum Gasteiger partial charge on any atom is 0.472 e. The third-order valence-electron chi connectivity index (χ3n) is 15.2.